The minimum absolute atomic E-state index is 0.0927. The first-order valence-corrected chi connectivity index (χ1v) is 8.31. The van der Waals surface area contributed by atoms with Gasteiger partial charge in [0.25, 0.3) is 11.8 Å². The van der Waals surface area contributed by atoms with Crippen LogP contribution in [0.4, 0.5) is 0 Å². The van der Waals surface area contributed by atoms with Crippen molar-refractivity contribution in [2.75, 3.05) is 0 Å². The Bertz CT molecular complexity index is 924. The molecule has 0 aliphatic carbocycles. The minimum atomic E-state index is -0.507. The van der Waals surface area contributed by atoms with Gasteiger partial charge < -0.3 is 19.5 Å². The maximum absolute atomic E-state index is 12.5. The summed E-state index contributed by atoms with van der Waals surface area (Å²) in [5, 5.41) is 5.27. The lowest BCUT2D eigenvalue weighted by Gasteiger charge is -2.08. The molecule has 0 spiro atoms. The lowest BCUT2D eigenvalue weighted by Crippen LogP contribution is -2.34. The number of allylic oxidation sites excluding steroid dienone is 2. The van der Waals surface area contributed by atoms with Crippen molar-refractivity contribution in [2.24, 2.45) is 0 Å². The van der Waals surface area contributed by atoms with Crippen LogP contribution < -0.4 is 10.6 Å². The van der Waals surface area contributed by atoms with E-state index in [9.17, 15) is 9.59 Å². The molecular weight excluding hydrogens is 344 g/mol. The predicted molar refractivity (Wildman–Crippen MR) is 100 cm³/mol. The maximum Gasteiger partial charge on any atom is 0.291 e. The number of carbonyl (C=O) groups is 2. The second-order valence-electron chi connectivity index (χ2n) is 5.54. The van der Waals surface area contributed by atoms with Gasteiger partial charge in [-0.2, -0.15) is 0 Å². The molecule has 3 aromatic rings. The molecule has 6 heteroatoms. The normalized spacial score (nSPS) is 11.5. The first-order valence-electron chi connectivity index (χ1n) is 8.31. The predicted octanol–water partition coefficient (Wildman–Crippen LogP) is 3.52. The number of amides is 2. The Labute approximate surface area is 156 Å². The third kappa shape index (κ3) is 5.34. The zero-order chi connectivity index (χ0) is 18.9. The van der Waals surface area contributed by atoms with Crippen LogP contribution in [0.15, 0.2) is 93.8 Å². The van der Waals surface area contributed by atoms with Crippen LogP contribution in [0.3, 0.4) is 0 Å². The first-order chi connectivity index (χ1) is 13.2. The monoisotopic (exact) mass is 362 g/mol. The number of rotatable bonds is 7. The Morgan fingerprint density at radius 1 is 0.926 bits per heavy atom. The molecule has 2 N–H and O–H groups in total. The van der Waals surface area contributed by atoms with Crippen molar-refractivity contribution in [3.8, 4) is 0 Å². The Morgan fingerprint density at radius 3 is 2.41 bits per heavy atom. The van der Waals surface area contributed by atoms with Gasteiger partial charge in [0.05, 0.1) is 19.1 Å². The largest absolute Gasteiger partial charge is 0.467 e. The van der Waals surface area contributed by atoms with Crippen molar-refractivity contribution in [3.63, 3.8) is 0 Å². The van der Waals surface area contributed by atoms with E-state index in [2.05, 4.69) is 10.6 Å². The summed E-state index contributed by atoms with van der Waals surface area (Å²) in [6.07, 6.45) is 7.98. The van der Waals surface area contributed by atoms with Crippen LogP contribution in [0.2, 0.25) is 0 Å². The van der Waals surface area contributed by atoms with E-state index in [1.165, 1.54) is 24.7 Å². The van der Waals surface area contributed by atoms with Gasteiger partial charge in [0, 0.05) is 0 Å². The molecular formula is C21H18N2O4. The van der Waals surface area contributed by atoms with Gasteiger partial charge in [-0.15, -0.1) is 0 Å². The van der Waals surface area contributed by atoms with Gasteiger partial charge in [-0.3, -0.25) is 9.59 Å². The zero-order valence-electron chi connectivity index (χ0n) is 14.4. The fraction of sp³-hybridized carbons (Fsp3) is 0.0476. The number of carbonyl (C=O) groups excluding carboxylic acids is 2. The Balaban J connectivity index is 1.72. The second kappa shape index (κ2) is 9.05. The molecule has 0 saturated carbocycles. The number of hydrogen-bond acceptors (Lipinski definition) is 4. The summed E-state index contributed by atoms with van der Waals surface area (Å²) in [6, 6.07) is 16.2. The molecule has 27 heavy (non-hydrogen) atoms. The number of nitrogens with one attached hydrogen (secondary N) is 2. The lowest BCUT2D eigenvalue weighted by molar-refractivity contribution is -0.118. The van der Waals surface area contributed by atoms with E-state index in [-0.39, 0.29) is 18.0 Å². The molecule has 136 valence electrons. The van der Waals surface area contributed by atoms with Crippen LogP contribution in [-0.4, -0.2) is 11.8 Å². The topological polar surface area (TPSA) is 84.5 Å². The van der Waals surface area contributed by atoms with Gasteiger partial charge in [0.15, 0.2) is 5.76 Å². The first kappa shape index (κ1) is 18.0. The van der Waals surface area contributed by atoms with Crippen molar-refractivity contribution < 1.29 is 18.4 Å². The van der Waals surface area contributed by atoms with Crippen molar-refractivity contribution in [1.29, 1.82) is 0 Å². The standard InChI is InChI=1S/C21H18N2O4/c24-20(22-15-17-10-5-13-26-17)18(23-21(25)19-12-6-14-27-19)11-4-9-16-7-2-1-3-8-16/h1-14H,15H2,(H,22,24)(H,23,25)/b9-4+,18-11-. The highest BCUT2D eigenvalue weighted by Crippen LogP contribution is 2.05. The molecule has 0 bridgehead atoms. The molecule has 0 aliphatic heterocycles. The van der Waals surface area contributed by atoms with E-state index in [0.717, 1.165) is 5.56 Å². The summed E-state index contributed by atoms with van der Waals surface area (Å²) in [7, 11) is 0. The molecule has 0 aliphatic rings. The molecule has 2 amide bonds. The summed E-state index contributed by atoms with van der Waals surface area (Å²) in [4.78, 5) is 24.7. The highest BCUT2D eigenvalue weighted by molar-refractivity contribution is 6.01. The van der Waals surface area contributed by atoms with Gasteiger partial charge in [0.2, 0.25) is 0 Å². The van der Waals surface area contributed by atoms with Crippen molar-refractivity contribution in [3.05, 3.63) is 102 Å². The molecule has 0 radical (unpaired) electrons. The van der Waals surface area contributed by atoms with Crippen molar-refractivity contribution in [2.45, 2.75) is 6.54 Å². The van der Waals surface area contributed by atoms with Crippen LogP contribution >= 0.6 is 0 Å². The molecule has 6 nitrogen and oxygen atoms in total. The third-order valence-electron chi connectivity index (χ3n) is 3.59. The van der Waals surface area contributed by atoms with E-state index >= 15 is 0 Å². The fourth-order valence-corrected chi connectivity index (χ4v) is 2.26. The second-order valence-corrected chi connectivity index (χ2v) is 5.54. The molecule has 2 aromatic heterocycles. The summed E-state index contributed by atoms with van der Waals surface area (Å²) in [6.45, 7) is 0.211. The van der Waals surface area contributed by atoms with Crippen LogP contribution in [0, 0.1) is 0 Å². The van der Waals surface area contributed by atoms with E-state index < -0.39 is 11.8 Å². The zero-order valence-corrected chi connectivity index (χ0v) is 14.4. The summed E-state index contributed by atoms with van der Waals surface area (Å²) >= 11 is 0. The Hall–Kier alpha value is -3.80. The van der Waals surface area contributed by atoms with Crippen LogP contribution in [0.25, 0.3) is 6.08 Å². The maximum atomic E-state index is 12.5. The van der Waals surface area contributed by atoms with Gasteiger partial charge in [-0.05, 0) is 35.9 Å². The summed E-state index contributed by atoms with van der Waals surface area (Å²) < 4.78 is 10.3. The highest BCUT2D eigenvalue weighted by atomic mass is 16.3. The van der Waals surface area contributed by atoms with Crippen LogP contribution in [0.1, 0.15) is 21.9 Å². The van der Waals surface area contributed by atoms with E-state index in [1.807, 2.05) is 36.4 Å². The molecule has 2 heterocycles. The number of benzene rings is 1. The van der Waals surface area contributed by atoms with Crippen molar-refractivity contribution >= 4 is 17.9 Å². The molecule has 1 aromatic carbocycles. The Morgan fingerprint density at radius 2 is 1.70 bits per heavy atom. The molecule has 0 saturated heterocycles. The SMILES string of the molecule is O=C(NCc1ccco1)/C(=C/C=C/c1ccccc1)NC(=O)c1ccco1. The average molecular weight is 362 g/mol. The average Bonchev–Trinajstić information content (AvgIpc) is 3.40. The van der Waals surface area contributed by atoms with Gasteiger partial charge in [-0.25, -0.2) is 0 Å². The fourth-order valence-electron chi connectivity index (χ4n) is 2.26. The van der Waals surface area contributed by atoms with E-state index in [4.69, 9.17) is 8.83 Å². The van der Waals surface area contributed by atoms with Gasteiger partial charge in [0.1, 0.15) is 11.5 Å². The highest BCUT2D eigenvalue weighted by Gasteiger charge is 2.15. The summed E-state index contributed by atoms with van der Waals surface area (Å²) in [5.41, 5.74) is 1.07. The lowest BCUT2D eigenvalue weighted by atomic mass is 10.2. The minimum Gasteiger partial charge on any atom is -0.467 e. The van der Waals surface area contributed by atoms with Crippen LogP contribution in [-0.2, 0) is 11.3 Å². The molecule has 0 atom stereocenters. The van der Waals surface area contributed by atoms with E-state index in [1.54, 1.807) is 24.3 Å². The molecule has 3 rings (SSSR count). The Kier molecular flexibility index (Phi) is 6.04. The van der Waals surface area contributed by atoms with E-state index in [0.29, 0.717) is 5.76 Å². The van der Waals surface area contributed by atoms with Gasteiger partial charge >= 0.3 is 0 Å². The van der Waals surface area contributed by atoms with Crippen LogP contribution in [0.5, 0.6) is 0 Å². The quantitative estimate of drug-likeness (QED) is 0.497. The van der Waals surface area contributed by atoms with Crippen molar-refractivity contribution in [1.82, 2.24) is 10.6 Å². The third-order valence-corrected chi connectivity index (χ3v) is 3.59. The molecule has 0 unspecified atom stereocenters. The smallest absolute Gasteiger partial charge is 0.291 e. The molecule has 0 fully saturated rings. The summed E-state index contributed by atoms with van der Waals surface area (Å²) in [5.74, 6) is -0.219. The number of hydrogen-bond donors (Lipinski definition) is 2. The number of furan rings is 2. The van der Waals surface area contributed by atoms with Gasteiger partial charge in [-0.1, -0.05) is 42.5 Å².